The van der Waals surface area contributed by atoms with Gasteiger partial charge in [0.15, 0.2) is 0 Å². The fourth-order valence-electron chi connectivity index (χ4n) is 2.01. The highest BCUT2D eigenvalue weighted by Crippen LogP contribution is 2.37. The Morgan fingerprint density at radius 3 is 2.85 bits per heavy atom. The summed E-state index contributed by atoms with van der Waals surface area (Å²) in [6, 6.07) is 7.04. The second-order valence-corrected chi connectivity index (χ2v) is 5.40. The summed E-state index contributed by atoms with van der Waals surface area (Å²) in [5.74, 6) is 1.12. The van der Waals surface area contributed by atoms with E-state index in [1.54, 1.807) is 30.5 Å². The number of carbonyl (C=O) groups excluding carboxylic acids is 1. The van der Waals surface area contributed by atoms with E-state index in [-0.39, 0.29) is 5.91 Å². The molecule has 1 N–H and O–H groups in total. The molecule has 0 radical (unpaired) electrons. The summed E-state index contributed by atoms with van der Waals surface area (Å²) in [6.07, 6.45) is 3.90. The van der Waals surface area contributed by atoms with Crippen LogP contribution in [-0.4, -0.2) is 15.9 Å². The van der Waals surface area contributed by atoms with Crippen molar-refractivity contribution in [3.8, 4) is 0 Å². The molecule has 1 aliphatic carbocycles. The van der Waals surface area contributed by atoms with Crippen molar-refractivity contribution >= 4 is 23.2 Å². The van der Waals surface area contributed by atoms with Crippen LogP contribution in [0.1, 0.15) is 40.6 Å². The summed E-state index contributed by atoms with van der Waals surface area (Å²) in [6.45, 7) is 1.83. The molecule has 0 bridgehead atoms. The van der Waals surface area contributed by atoms with Crippen molar-refractivity contribution in [1.29, 1.82) is 0 Å². The SMILES string of the molecule is Cc1nc(C2CC2)ncc1C(=O)Nc1cccc(Cl)c1. The first-order valence-corrected chi connectivity index (χ1v) is 6.92. The Labute approximate surface area is 122 Å². The second kappa shape index (κ2) is 5.21. The third kappa shape index (κ3) is 2.80. The van der Waals surface area contributed by atoms with E-state index in [1.165, 1.54) is 0 Å². The molecule has 1 saturated carbocycles. The molecule has 5 heteroatoms. The quantitative estimate of drug-likeness (QED) is 0.939. The number of carbonyl (C=O) groups is 1. The standard InChI is InChI=1S/C15H14ClN3O/c1-9-13(8-17-14(18-9)10-5-6-10)15(20)19-12-4-2-3-11(16)7-12/h2-4,7-8,10H,5-6H2,1H3,(H,19,20). The van der Waals surface area contributed by atoms with E-state index >= 15 is 0 Å². The zero-order valence-electron chi connectivity index (χ0n) is 11.1. The average Bonchev–Trinajstić information content (AvgIpc) is 3.22. The van der Waals surface area contributed by atoms with E-state index in [1.807, 2.05) is 6.92 Å². The maximum Gasteiger partial charge on any atom is 0.259 e. The Hall–Kier alpha value is -1.94. The minimum Gasteiger partial charge on any atom is -0.322 e. The largest absolute Gasteiger partial charge is 0.322 e. The van der Waals surface area contributed by atoms with Gasteiger partial charge in [-0.1, -0.05) is 17.7 Å². The van der Waals surface area contributed by atoms with E-state index in [0.717, 1.165) is 18.7 Å². The summed E-state index contributed by atoms with van der Waals surface area (Å²) in [4.78, 5) is 20.9. The van der Waals surface area contributed by atoms with E-state index in [9.17, 15) is 4.79 Å². The van der Waals surface area contributed by atoms with Gasteiger partial charge in [-0.15, -0.1) is 0 Å². The summed E-state index contributed by atoms with van der Waals surface area (Å²) in [5, 5.41) is 3.38. The number of benzene rings is 1. The molecule has 1 fully saturated rings. The molecule has 0 unspecified atom stereocenters. The molecule has 1 aliphatic rings. The summed E-state index contributed by atoms with van der Waals surface area (Å²) < 4.78 is 0. The highest BCUT2D eigenvalue weighted by molar-refractivity contribution is 6.30. The number of nitrogens with one attached hydrogen (secondary N) is 1. The number of rotatable bonds is 3. The first-order valence-electron chi connectivity index (χ1n) is 6.54. The van der Waals surface area contributed by atoms with E-state index < -0.39 is 0 Å². The average molecular weight is 288 g/mol. The van der Waals surface area contributed by atoms with Crippen molar-refractivity contribution in [2.24, 2.45) is 0 Å². The highest BCUT2D eigenvalue weighted by Gasteiger charge is 2.27. The Morgan fingerprint density at radius 1 is 1.40 bits per heavy atom. The molecular weight excluding hydrogens is 274 g/mol. The molecule has 2 aromatic rings. The number of nitrogens with zero attached hydrogens (tertiary/aromatic N) is 2. The molecule has 102 valence electrons. The highest BCUT2D eigenvalue weighted by atomic mass is 35.5. The molecule has 0 saturated heterocycles. The van der Waals surface area contributed by atoms with Gasteiger partial charge in [0.1, 0.15) is 5.82 Å². The van der Waals surface area contributed by atoms with Gasteiger partial charge in [-0.2, -0.15) is 0 Å². The summed E-state index contributed by atoms with van der Waals surface area (Å²) in [5.41, 5.74) is 1.86. The lowest BCUT2D eigenvalue weighted by Gasteiger charge is -2.08. The van der Waals surface area contributed by atoms with Gasteiger partial charge in [-0.3, -0.25) is 4.79 Å². The normalized spacial score (nSPS) is 14.1. The third-order valence-electron chi connectivity index (χ3n) is 3.27. The van der Waals surface area contributed by atoms with Crippen molar-refractivity contribution in [2.75, 3.05) is 5.32 Å². The maximum absolute atomic E-state index is 12.2. The zero-order chi connectivity index (χ0) is 14.1. The van der Waals surface area contributed by atoms with Crippen LogP contribution in [0.2, 0.25) is 5.02 Å². The molecule has 0 aliphatic heterocycles. The van der Waals surface area contributed by atoms with Crippen LogP contribution in [0, 0.1) is 6.92 Å². The first kappa shape index (κ1) is 13.1. The lowest BCUT2D eigenvalue weighted by Crippen LogP contribution is -2.15. The minimum atomic E-state index is -0.216. The predicted molar refractivity (Wildman–Crippen MR) is 78.1 cm³/mol. The molecule has 1 heterocycles. The number of halogens is 1. The maximum atomic E-state index is 12.2. The molecule has 3 rings (SSSR count). The van der Waals surface area contributed by atoms with Gasteiger partial charge < -0.3 is 5.32 Å². The van der Waals surface area contributed by atoms with Crippen molar-refractivity contribution in [2.45, 2.75) is 25.7 Å². The lowest BCUT2D eigenvalue weighted by molar-refractivity contribution is 0.102. The first-order chi connectivity index (χ1) is 9.63. The van der Waals surface area contributed by atoms with Gasteiger partial charge in [0.25, 0.3) is 5.91 Å². The fraction of sp³-hybridized carbons (Fsp3) is 0.267. The van der Waals surface area contributed by atoms with E-state index in [0.29, 0.717) is 27.9 Å². The number of aryl methyl sites for hydroxylation is 1. The van der Waals surface area contributed by atoms with E-state index in [2.05, 4.69) is 15.3 Å². The Balaban J connectivity index is 1.79. The molecule has 1 aromatic heterocycles. The van der Waals surface area contributed by atoms with Crippen LogP contribution in [0.5, 0.6) is 0 Å². The van der Waals surface area contributed by atoms with Crippen LogP contribution < -0.4 is 5.32 Å². The Kier molecular flexibility index (Phi) is 3.40. The van der Waals surface area contributed by atoms with Gasteiger partial charge in [0.05, 0.1) is 11.3 Å². The minimum absolute atomic E-state index is 0.216. The fourth-order valence-corrected chi connectivity index (χ4v) is 2.20. The molecule has 0 atom stereocenters. The molecule has 20 heavy (non-hydrogen) atoms. The van der Waals surface area contributed by atoms with E-state index in [4.69, 9.17) is 11.6 Å². The Bertz CT molecular complexity index is 668. The monoisotopic (exact) mass is 287 g/mol. The molecule has 0 spiro atoms. The summed E-state index contributed by atoms with van der Waals surface area (Å²) >= 11 is 5.89. The van der Waals surface area contributed by atoms with Gasteiger partial charge in [-0.25, -0.2) is 9.97 Å². The number of hydrogen-bond donors (Lipinski definition) is 1. The number of aromatic nitrogens is 2. The lowest BCUT2D eigenvalue weighted by atomic mass is 10.2. The van der Waals surface area contributed by atoms with Gasteiger partial charge in [-0.05, 0) is 38.0 Å². The molecule has 1 aromatic carbocycles. The van der Waals surface area contributed by atoms with Crippen LogP contribution in [0.4, 0.5) is 5.69 Å². The van der Waals surface area contributed by atoms with Crippen LogP contribution in [0.25, 0.3) is 0 Å². The predicted octanol–water partition coefficient (Wildman–Crippen LogP) is 3.57. The number of hydrogen-bond acceptors (Lipinski definition) is 3. The van der Waals surface area contributed by atoms with Crippen LogP contribution in [0.15, 0.2) is 30.5 Å². The second-order valence-electron chi connectivity index (χ2n) is 4.97. The van der Waals surface area contributed by atoms with Crippen LogP contribution in [0.3, 0.4) is 0 Å². The van der Waals surface area contributed by atoms with Crippen molar-refractivity contribution < 1.29 is 4.79 Å². The molecular formula is C15H14ClN3O. The number of amides is 1. The van der Waals surface area contributed by atoms with Crippen LogP contribution in [-0.2, 0) is 0 Å². The van der Waals surface area contributed by atoms with Crippen molar-refractivity contribution in [1.82, 2.24) is 9.97 Å². The Morgan fingerprint density at radius 2 is 2.20 bits per heavy atom. The van der Waals surface area contributed by atoms with Gasteiger partial charge in [0, 0.05) is 22.8 Å². The third-order valence-corrected chi connectivity index (χ3v) is 3.50. The van der Waals surface area contributed by atoms with Gasteiger partial charge >= 0.3 is 0 Å². The number of anilines is 1. The smallest absolute Gasteiger partial charge is 0.259 e. The topological polar surface area (TPSA) is 54.9 Å². The van der Waals surface area contributed by atoms with Crippen LogP contribution >= 0.6 is 11.6 Å². The van der Waals surface area contributed by atoms with Crippen molar-refractivity contribution in [3.63, 3.8) is 0 Å². The molecule has 4 nitrogen and oxygen atoms in total. The zero-order valence-corrected chi connectivity index (χ0v) is 11.8. The summed E-state index contributed by atoms with van der Waals surface area (Å²) in [7, 11) is 0. The van der Waals surface area contributed by atoms with Crippen molar-refractivity contribution in [3.05, 3.63) is 52.6 Å². The molecule has 1 amide bonds. The van der Waals surface area contributed by atoms with Gasteiger partial charge in [0.2, 0.25) is 0 Å².